The van der Waals surface area contributed by atoms with E-state index in [-0.39, 0.29) is 5.69 Å². The van der Waals surface area contributed by atoms with Crippen molar-refractivity contribution in [2.24, 2.45) is 5.92 Å². The highest BCUT2D eigenvalue weighted by Crippen LogP contribution is 2.27. The maximum Gasteiger partial charge on any atom is 0.356 e. The average Bonchev–Trinajstić information content (AvgIpc) is 2.72. The highest BCUT2D eigenvalue weighted by molar-refractivity contribution is 5.93. The molecule has 4 heteroatoms. The van der Waals surface area contributed by atoms with Crippen LogP contribution in [0.15, 0.2) is 30.6 Å². The smallest absolute Gasteiger partial charge is 0.356 e. The van der Waals surface area contributed by atoms with Gasteiger partial charge in [0.25, 0.3) is 0 Å². The van der Waals surface area contributed by atoms with Crippen molar-refractivity contribution < 1.29 is 9.90 Å². The Kier molecular flexibility index (Phi) is 3.69. The summed E-state index contributed by atoms with van der Waals surface area (Å²) in [5.41, 5.74) is 2.79. The molecule has 0 aliphatic rings. The fourth-order valence-electron chi connectivity index (χ4n) is 2.19. The number of benzene rings is 1. The third-order valence-electron chi connectivity index (χ3n) is 3.00. The minimum atomic E-state index is -0.985. The number of aromatic carboxylic acids is 1. The van der Waals surface area contributed by atoms with Gasteiger partial charge in [-0.1, -0.05) is 38.1 Å². The normalized spacial score (nSPS) is 10.9. The SMILES string of the molecule is Cc1ccccc1-c1c(C(=O)O)ncn1CC(C)C. The van der Waals surface area contributed by atoms with Gasteiger partial charge in [-0.2, -0.15) is 0 Å². The molecule has 1 heterocycles. The topological polar surface area (TPSA) is 55.1 Å². The van der Waals surface area contributed by atoms with E-state index in [0.29, 0.717) is 11.6 Å². The predicted octanol–water partition coefficient (Wildman–Crippen LogP) is 3.21. The minimum Gasteiger partial charge on any atom is -0.476 e. The second-order valence-corrected chi connectivity index (χ2v) is 5.11. The van der Waals surface area contributed by atoms with Crippen LogP contribution < -0.4 is 0 Å². The first-order valence-corrected chi connectivity index (χ1v) is 6.35. The average molecular weight is 258 g/mol. The van der Waals surface area contributed by atoms with Crippen LogP contribution >= 0.6 is 0 Å². The van der Waals surface area contributed by atoms with E-state index in [0.717, 1.165) is 17.7 Å². The molecule has 0 spiro atoms. The number of hydrogen-bond acceptors (Lipinski definition) is 2. The number of nitrogens with zero attached hydrogens (tertiary/aromatic N) is 2. The number of aryl methyl sites for hydroxylation is 1. The van der Waals surface area contributed by atoms with E-state index < -0.39 is 5.97 Å². The summed E-state index contributed by atoms with van der Waals surface area (Å²) in [6.45, 7) is 6.93. The van der Waals surface area contributed by atoms with Gasteiger partial charge < -0.3 is 9.67 Å². The number of rotatable bonds is 4. The van der Waals surface area contributed by atoms with Crippen LogP contribution in [0.25, 0.3) is 11.3 Å². The third kappa shape index (κ3) is 2.67. The molecule has 0 unspecified atom stereocenters. The van der Waals surface area contributed by atoms with Crippen LogP contribution in [0.2, 0.25) is 0 Å². The fourth-order valence-corrected chi connectivity index (χ4v) is 2.19. The summed E-state index contributed by atoms with van der Waals surface area (Å²) in [7, 11) is 0. The van der Waals surface area contributed by atoms with E-state index in [1.807, 2.05) is 35.8 Å². The van der Waals surface area contributed by atoms with Crippen molar-refractivity contribution in [3.8, 4) is 11.3 Å². The molecule has 0 aliphatic carbocycles. The van der Waals surface area contributed by atoms with Gasteiger partial charge in [-0.25, -0.2) is 9.78 Å². The van der Waals surface area contributed by atoms with Crippen LogP contribution in [0.3, 0.4) is 0 Å². The number of imidazole rings is 1. The van der Waals surface area contributed by atoms with E-state index >= 15 is 0 Å². The monoisotopic (exact) mass is 258 g/mol. The molecule has 0 radical (unpaired) electrons. The molecule has 1 aromatic carbocycles. The molecule has 0 saturated carbocycles. The summed E-state index contributed by atoms with van der Waals surface area (Å²) < 4.78 is 1.93. The maximum atomic E-state index is 11.3. The quantitative estimate of drug-likeness (QED) is 0.916. The molecule has 0 saturated heterocycles. The highest BCUT2D eigenvalue weighted by Gasteiger charge is 2.20. The molecular formula is C15H18N2O2. The lowest BCUT2D eigenvalue weighted by Crippen LogP contribution is -2.08. The summed E-state index contributed by atoms with van der Waals surface area (Å²) in [6, 6.07) is 7.78. The van der Waals surface area contributed by atoms with E-state index in [9.17, 15) is 9.90 Å². The summed E-state index contributed by atoms with van der Waals surface area (Å²) >= 11 is 0. The first kappa shape index (κ1) is 13.3. The van der Waals surface area contributed by atoms with Crippen molar-refractivity contribution in [3.63, 3.8) is 0 Å². The lowest BCUT2D eigenvalue weighted by atomic mass is 10.0. The van der Waals surface area contributed by atoms with E-state index in [2.05, 4.69) is 18.8 Å². The van der Waals surface area contributed by atoms with Crippen LogP contribution in [0.5, 0.6) is 0 Å². The van der Waals surface area contributed by atoms with Crippen LogP contribution in [0.4, 0.5) is 0 Å². The molecule has 0 bridgehead atoms. The Morgan fingerprint density at radius 2 is 2.05 bits per heavy atom. The van der Waals surface area contributed by atoms with Crippen molar-refractivity contribution in [2.75, 3.05) is 0 Å². The first-order chi connectivity index (χ1) is 9.00. The van der Waals surface area contributed by atoms with Crippen molar-refractivity contribution in [1.29, 1.82) is 0 Å². The van der Waals surface area contributed by atoms with Gasteiger partial charge in [-0.3, -0.25) is 0 Å². The number of carboxylic acids is 1. The fraction of sp³-hybridized carbons (Fsp3) is 0.333. The molecule has 100 valence electrons. The number of hydrogen-bond donors (Lipinski definition) is 1. The minimum absolute atomic E-state index is 0.120. The first-order valence-electron chi connectivity index (χ1n) is 6.35. The molecule has 2 aromatic rings. The standard InChI is InChI=1S/C15H18N2O2/c1-10(2)8-17-9-16-13(15(18)19)14(17)12-7-5-4-6-11(12)3/h4-7,9-10H,8H2,1-3H3,(H,18,19). The van der Waals surface area contributed by atoms with Gasteiger partial charge in [-0.05, 0) is 18.4 Å². The highest BCUT2D eigenvalue weighted by atomic mass is 16.4. The van der Waals surface area contributed by atoms with Gasteiger partial charge in [0.2, 0.25) is 0 Å². The number of carboxylic acid groups (broad SMARTS) is 1. The zero-order valence-electron chi connectivity index (χ0n) is 11.4. The summed E-state index contributed by atoms with van der Waals surface area (Å²) in [6.07, 6.45) is 1.62. The van der Waals surface area contributed by atoms with Crippen LogP contribution in [0, 0.1) is 12.8 Å². The summed E-state index contributed by atoms with van der Waals surface area (Å²) in [5.74, 6) is -0.556. The largest absolute Gasteiger partial charge is 0.476 e. The second-order valence-electron chi connectivity index (χ2n) is 5.11. The molecule has 2 rings (SSSR count). The van der Waals surface area contributed by atoms with Crippen molar-refractivity contribution in [2.45, 2.75) is 27.3 Å². The number of aromatic nitrogens is 2. The zero-order valence-corrected chi connectivity index (χ0v) is 11.4. The van der Waals surface area contributed by atoms with Crippen LogP contribution in [-0.2, 0) is 6.54 Å². The molecule has 0 amide bonds. The molecule has 0 aliphatic heterocycles. The Bertz CT molecular complexity index is 600. The predicted molar refractivity (Wildman–Crippen MR) is 74.2 cm³/mol. The van der Waals surface area contributed by atoms with Crippen LogP contribution in [-0.4, -0.2) is 20.6 Å². The number of carbonyl (C=O) groups is 1. The molecule has 0 atom stereocenters. The van der Waals surface area contributed by atoms with Gasteiger partial charge >= 0.3 is 5.97 Å². The third-order valence-corrected chi connectivity index (χ3v) is 3.00. The van der Waals surface area contributed by atoms with Gasteiger partial charge in [0.05, 0.1) is 12.0 Å². The summed E-state index contributed by atoms with van der Waals surface area (Å²) in [5, 5.41) is 9.29. The maximum absolute atomic E-state index is 11.3. The second kappa shape index (κ2) is 5.26. The van der Waals surface area contributed by atoms with Gasteiger partial charge in [-0.15, -0.1) is 0 Å². The molecule has 19 heavy (non-hydrogen) atoms. The van der Waals surface area contributed by atoms with E-state index in [1.165, 1.54) is 0 Å². The van der Waals surface area contributed by atoms with Crippen molar-refractivity contribution in [1.82, 2.24) is 9.55 Å². The lowest BCUT2D eigenvalue weighted by Gasteiger charge is -2.13. The molecule has 1 N–H and O–H groups in total. The Balaban J connectivity index is 2.61. The van der Waals surface area contributed by atoms with Gasteiger partial charge in [0.1, 0.15) is 0 Å². The van der Waals surface area contributed by atoms with Crippen LogP contribution in [0.1, 0.15) is 29.9 Å². The van der Waals surface area contributed by atoms with Crippen molar-refractivity contribution >= 4 is 5.97 Å². The van der Waals surface area contributed by atoms with E-state index in [1.54, 1.807) is 6.33 Å². The molecule has 1 aromatic heterocycles. The lowest BCUT2D eigenvalue weighted by molar-refractivity contribution is 0.0692. The Morgan fingerprint density at radius 3 is 2.63 bits per heavy atom. The van der Waals surface area contributed by atoms with Crippen molar-refractivity contribution in [3.05, 3.63) is 41.9 Å². The Labute approximate surface area is 112 Å². The molecular weight excluding hydrogens is 240 g/mol. The Hall–Kier alpha value is -2.10. The van der Waals surface area contributed by atoms with E-state index in [4.69, 9.17) is 0 Å². The van der Waals surface area contributed by atoms with Gasteiger partial charge in [0.15, 0.2) is 5.69 Å². The molecule has 0 fully saturated rings. The zero-order chi connectivity index (χ0) is 14.0. The Morgan fingerprint density at radius 1 is 1.37 bits per heavy atom. The summed E-state index contributed by atoms with van der Waals surface area (Å²) in [4.78, 5) is 15.4. The molecule has 4 nitrogen and oxygen atoms in total. The van der Waals surface area contributed by atoms with Gasteiger partial charge in [0, 0.05) is 12.1 Å².